The van der Waals surface area contributed by atoms with Gasteiger partial charge in [-0.1, -0.05) is 19.1 Å². The summed E-state index contributed by atoms with van der Waals surface area (Å²) in [7, 11) is 1.78. The molecule has 1 atom stereocenters. The quantitative estimate of drug-likeness (QED) is 0.873. The number of likely N-dealkylation sites (N-methyl/N-ethyl adjacent to an activating group) is 1. The average molecular weight is 294 g/mol. The van der Waals surface area contributed by atoms with Gasteiger partial charge in [-0.2, -0.15) is 0 Å². The number of benzene rings is 1. The van der Waals surface area contributed by atoms with Crippen LogP contribution in [0.15, 0.2) is 24.3 Å². The second-order valence-corrected chi connectivity index (χ2v) is 5.57. The molecule has 116 valence electrons. The number of carbonyl (C=O) groups is 1. The van der Waals surface area contributed by atoms with Crippen LogP contribution in [0.5, 0.6) is 5.75 Å². The minimum absolute atomic E-state index is 0.145. The van der Waals surface area contributed by atoms with E-state index in [4.69, 9.17) is 4.74 Å². The summed E-state index contributed by atoms with van der Waals surface area (Å²) in [5.41, 5.74) is -0.285. The molecule has 1 aliphatic rings. The topological polar surface area (TPSA) is 41.6 Å². The number of hydrogen-bond donors (Lipinski definition) is 1. The molecule has 1 amide bonds. The highest BCUT2D eigenvalue weighted by Crippen LogP contribution is 2.31. The fraction of sp³-hybridized carbons (Fsp3) is 0.562. The monoisotopic (exact) mass is 294 g/mol. The molecular weight excluding hydrogens is 271 g/mol. The van der Waals surface area contributed by atoms with Gasteiger partial charge in [-0.25, -0.2) is 4.39 Å². The molecule has 0 aliphatic carbocycles. The predicted octanol–water partition coefficient (Wildman–Crippen LogP) is 2.05. The normalized spacial score (nSPS) is 21.3. The molecule has 0 radical (unpaired) electrons. The number of ether oxygens (including phenoxy) is 1. The molecule has 5 heteroatoms. The predicted molar refractivity (Wildman–Crippen MR) is 79.7 cm³/mol. The van der Waals surface area contributed by atoms with E-state index in [2.05, 4.69) is 12.2 Å². The van der Waals surface area contributed by atoms with Crippen LogP contribution in [0.25, 0.3) is 0 Å². The summed E-state index contributed by atoms with van der Waals surface area (Å²) < 4.78 is 18.8. The maximum absolute atomic E-state index is 13.4. The Balaban J connectivity index is 1.85. The first-order valence-electron chi connectivity index (χ1n) is 7.43. The molecule has 21 heavy (non-hydrogen) atoms. The molecule has 1 N–H and O–H groups in total. The van der Waals surface area contributed by atoms with Gasteiger partial charge < -0.3 is 15.0 Å². The molecule has 1 heterocycles. The van der Waals surface area contributed by atoms with Crippen molar-refractivity contribution in [3.05, 3.63) is 30.1 Å². The molecule has 1 fully saturated rings. The Labute approximate surface area is 125 Å². The lowest BCUT2D eigenvalue weighted by molar-refractivity contribution is -0.140. The van der Waals surface area contributed by atoms with Crippen LogP contribution in [0.4, 0.5) is 4.39 Å². The van der Waals surface area contributed by atoms with E-state index >= 15 is 0 Å². The van der Waals surface area contributed by atoms with Gasteiger partial charge in [-0.05, 0) is 31.5 Å². The van der Waals surface area contributed by atoms with Crippen LogP contribution in [-0.4, -0.2) is 44.1 Å². The Morgan fingerprint density at radius 1 is 1.48 bits per heavy atom. The van der Waals surface area contributed by atoms with Crippen molar-refractivity contribution >= 4 is 5.91 Å². The van der Waals surface area contributed by atoms with Crippen LogP contribution >= 0.6 is 0 Å². The maximum atomic E-state index is 13.4. The lowest BCUT2D eigenvalue weighted by Crippen LogP contribution is -2.44. The van der Waals surface area contributed by atoms with Gasteiger partial charge in [0.1, 0.15) is 6.61 Å². The highest BCUT2D eigenvalue weighted by atomic mass is 19.1. The molecule has 0 spiro atoms. The summed E-state index contributed by atoms with van der Waals surface area (Å²) in [5.74, 6) is -0.00489. The van der Waals surface area contributed by atoms with E-state index < -0.39 is 0 Å². The number of hydrogen-bond acceptors (Lipinski definition) is 3. The van der Waals surface area contributed by atoms with Crippen molar-refractivity contribution in [2.45, 2.75) is 19.8 Å². The van der Waals surface area contributed by atoms with Gasteiger partial charge in [0.25, 0.3) is 0 Å². The molecule has 1 aromatic carbocycles. The van der Waals surface area contributed by atoms with Gasteiger partial charge >= 0.3 is 0 Å². The highest BCUT2D eigenvalue weighted by molar-refractivity contribution is 5.83. The van der Waals surface area contributed by atoms with Crippen LogP contribution in [0, 0.1) is 11.2 Å². The van der Waals surface area contributed by atoms with Crippen molar-refractivity contribution in [2.24, 2.45) is 5.41 Å². The molecule has 1 aliphatic heterocycles. The number of carbonyl (C=O) groups excluding carboxylic acids is 1. The van der Waals surface area contributed by atoms with Crippen LogP contribution < -0.4 is 10.1 Å². The van der Waals surface area contributed by atoms with Crippen molar-refractivity contribution in [1.29, 1.82) is 0 Å². The summed E-state index contributed by atoms with van der Waals surface area (Å²) in [6.07, 6.45) is 1.71. The fourth-order valence-electron chi connectivity index (χ4n) is 2.74. The molecule has 0 aromatic heterocycles. The Morgan fingerprint density at radius 2 is 2.24 bits per heavy atom. The Morgan fingerprint density at radius 3 is 2.86 bits per heavy atom. The van der Waals surface area contributed by atoms with Crippen LogP contribution in [0.3, 0.4) is 0 Å². The third-order valence-corrected chi connectivity index (χ3v) is 4.24. The van der Waals surface area contributed by atoms with Crippen molar-refractivity contribution in [2.75, 3.05) is 33.3 Å². The van der Waals surface area contributed by atoms with Gasteiger partial charge in [0.05, 0.1) is 12.0 Å². The van der Waals surface area contributed by atoms with Crippen LogP contribution in [0.2, 0.25) is 0 Å². The first-order valence-corrected chi connectivity index (χ1v) is 7.43. The lowest BCUT2D eigenvalue weighted by atomic mass is 9.83. The Bertz CT molecular complexity index is 487. The molecule has 2 rings (SSSR count). The van der Waals surface area contributed by atoms with Crippen LogP contribution in [-0.2, 0) is 4.79 Å². The second kappa shape index (κ2) is 6.89. The standard InChI is InChI=1S/C16H23FN2O2/c1-3-16(8-9-18-12-16)15(20)19(2)10-11-21-14-7-5-4-6-13(14)17/h4-7,18H,3,8-12H2,1-2H3. The van der Waals surface area contributed by atoms with E-state index in [1.54, 1.807) is 30.1 Å². The molecule has 0 saturated carbocycles. The minimum atomic E-state index is -0.378. The summed E-state index contributed by atoms with van der Waals surface area (Å²) >= 11 is 0. The van der Waals surface area contributed by atoms with E-state index in [9.17, 15) is 9.18 Å². The summed E-state index contributed by atoms with van der Waals surface area (Å²) in [6.45, 7) is 4.42. The minimum Gasteiger partial charge on any atom is -0.489 e. The summed E-state index contributed by atoms with van der Waals surface area (Å²) in [6, 6.07) is 6.30. The molecule has 1 saturated heterocycles. The smallest absolute Gasteiger partial charge is 0.229 e. The molecule has 0 bridgehead atoms. The largest absolute Gasteiger partial charge is 0.489 e. The lowest BCUT2D eigenvalue weighted by Gasteiger charge is -2.30. The Kier molecular flexibility index (Phi) is 5.17. The van der Waals surface area contributed by atoms with Gasteiger partial charge in [0.15, 0.2) is 11.6 Å². The van der Waals surface area contributed by atoms with E-state index in [0.717, 1.165) is 25.9 Å². The molecule has 1 aromatic rings. The summed E-state index contributed by atoms with van der Waals surface area (Å²) in [4.78, 5) is 14.3. The van der Waals surface area contributed by atoms with Crippen molar-refractivity contribution < 1.29 is 13.9 Å². The molecular formula is C16H23FN2O2. The zero-order valence-corrected chi connectivity index (χ0v) is 12.7. The third kappa shape index (κ3) is 3.53. The number of rotatable bonds is 6. The number of nitrogens with zero attached hydrogens (tertiary/aromatic N) is 1. The second-order valence-electron chi connectivity index (χ2n) is 5.57. The van der Waals surface area contributed by atoms with E-state index in [0.29, 0.717) is 6.54 Å². The molecule has 1 unspecified atom stereocenters. The zero-order valence-electron chi connectivity index (χ0n) is 12.7. The van der Waals surface area contributed by atoms with Crippen molar-refractivity contribution in [1.82, 2.24) is 10.2 Å². The first kappa shape index (κ1) is 15.8. The van der Waals surface area contributed by atoms with Crippen molar-refractivity contribution in [3.8, 4) is 5.75 Å². The maximum Gasteiger partial charge on any atom is 0.229 e. The number of nitrogens with one attached hydrogen (secondary N) is 1. The highest BCUT2D eigenvalue weighted by Gasteiger charge is 2.40. The van der Waals surface area contributed by atoms with Gasteiger partial charge in [-0.3, -0.25) is 4.79 Å². The van der Waals surface area contributed by atoms with Gasteiger partial charge in [0, 0.05) is 13.6 Å². The van der Waals surface area contributed by atoms with Gasteiger partial charge in [0.2, 0.25) is 5.91 Å². The first-order chi connectivity index (χ1) is 10.1. The van der Waals surface area contributed by atoms with E-state index in [-0.39, 0.29) is 29.5 Å². The zero-order chi connectivity index (χ0) is 15.3. The number of para-hydroxylation sites is 1. The fourth-order valence-corrected chi connectivity index (χ4v) is 2.74. The number of amides is 1. The van der Waals surface area contributed by atoms with Gasteiger partial charge in [-0.15, -0.1) is 0 Å². The summed E-state index contributed by atoms with van der Waals surface area (Å²) in [5, 5.41) is 3.26. The number of halogens is 1. The van der Waals surface area contributed by atoms with E-state index in [1.165, 1.54) is 6.07 Å². The van der Waals surface area contributed by atoms with Crippen LogP contribution in [0.1, 0.15) is 19.8 Å². The third-order valence-electron chi connectivity index (χ3n) is 4.24. The molecule has 4 nitrogen and oxygen atoms in total. The SMILES string of the molecule is CCC1(C(=O)N(C)CCOc2ccccc2F)CCNC1. The Hall–Kier alpha value is -1.62. The average Bonchev–Trinajstić information content (AvgIpc) is 2.98. The van der Waals surface area contributed by atoms with E-state index in [1.807, 2.05) is 0 Å². The van der Waals surface area contributed by atoms with Crippen molar-refractivity contribution in [3.63, 3.8) is 0 Å².